The van der Waals surface area contributed by atoms with Crippen molar-refractivity contribution >= 4 is 11.5 Å². The summed E-state index contributed by atoms with van der Waals surface area (Å²) >= 11 is 0. The van der Waals surface area contributed by atoms with Crippen LogP contribution >= 0.6 is 0 Å². The van der Waals surface area contributed by atoms with Crippen molar-refractivity contribution in [3.63, 3.8) is 0 Å². The van der Waals surface area contributed by atoms with Gasteiger partial charge in [0, 0.05) is 18.8 Å². The predicted octanol–water partition coefficient (Wildman–Crippen LogP) is 1.57. The van der Waals surface area contributed by atoms with Gasteiger partial charge in [-0.15, -0.1) is 0 Å². The maximum absolute atomic E-state index is 5.34. The summed E-state index contributed by atoms with van der Waals surface area (Å²) in [5.41, 5.74) is 2.55. The number of hydrogen-bond acceptors (Lipinski definition) is 6. The number of nitrogens with one attached hydrogen (secondary N) is 2. The molecule has 1 atom stereocenters. The summed E-state index contributed by atoms with van der Waals surface area (Å²) in [6.45, 7) is 1.94. The summed E-state index contributed by atoms with van der Waals surface area (Å²) in [7, 11) is 1.61. The molecule has 0 aromatic carbocycles. The number of fused-ring (bicyclic) bond motifs is 1. The molecular weight excluding hydrogens is 292 g/mol. The van der Waals surface area contributed by atoms with E-state index in [2.05, 4.69) is 20.6 Å². The lowest BCUT2D eigenvalue weighted by Crippen LogP contribution is -2.23. The summed E-state index contributed by atoms with van der Waals surface area (Å²) in [6, 6.07) is 6.24. The maximum Gasteiger partial charge on any atom is 0.257 e. The highest BCUT2D eigenvalue weighted by Crippen LogP contribution is 2.26. The van der Waals surface area contributed by atoms with Crippen molar-refractivity contribution in [2.24, 2.45) is 0 Å². The molecule has 4 heterocycles. The number of rotatable bonds is 4. The summed E-state index contributed by atoms with van der Waals surface area (Å²) in [5, 5.41) is 6.75. The molecule has 2 N–H and O–H groups in total. The van der Waals surface area contributed by atoms with Gasteiger partial charge in [0.05, 0.1) is 25.2 Å². The molecule has 4 rings (SSSR count). The summed E-state index contributed by atoms with van der Waals surface area (Å²) in [6.07, 6.45) is 6.56. The third-order valence-corrected chi connectivity index (χ3v) is 4.01. The zero-order valence-corrected chi connectivity index (χ0v) is 12.9. The fraction of sp³-hybridized carbons (Fsp3) is 0.312. The molecule has 1 saturated heterocycles. The van der Waals surface area contributed by atoms with Crippen molar-refractivity contribution in [2.75, 3.05) is 25.5 Å². The number of anilines is 1. The largest absolute Gasteiger partial charge is 0.478 e. The molecule has 3 aromatic rings. The maximum atomic E-state index is 5.34. The lowest BCUT2D eigenvalue weighted by Gasteiger charge is -2.15. The van der Waals surface area contributed by atoms with E-state index in [4.69, 9.17) is 9.72 Å². The second-order valence-electron chi connectivity index (χ2n) is 5.52. The Bertz CT molecular complexity index is 824. The van der Waals surface area contributed by atoms with E-state index in [0.29, 0.717) is 17.7 Å². The molecule has 0 saturated carbocycles. The van der Waals surface area contributed by atoms with E-state index in [9.17, 15) is 0 Å². The second-order valence-corrected chi connectivity index (χ2v) is 5.52. The van der Waals surface area contributed by atoms with Crippen molar-refractivity contribution in [2.45, 2.75) is 12.5 Å². The molecule has 0 aliphatic carbocycles. The molecule has 0 amide bonds. The highest BCUT2D eigenvalue weighted by atomic mass is 16.5. The van der Waals surface area contributed by atoms with Gasteiger partial charge in [-0.05, 0) is 25.1 Å². The van der Waals surface area contributed by atoms with Crippen LogP contribution in [-0.4, -0.2) is 45.6 Å². The van der Waals surface area contributed by atoms with Crippen LogP contribution in [0.2, 0.25) is 0 Å². The van der Waals surface area contributed by atoms with Crippen molar-refractivity contribution in [3.05, 3.63) is 36.8 Å². The summed E-state index contributed by atoms with van der Waals surface area (Å²) in [5.74, 6) is 1.18. The first-order valence-corrected chi connectivity index (χ1v) is 7.66. The number of methoxy groups -OCH3 is 1. The van der Waals surface area contributed by atoms with Gasteiger partial charge in [0.2, 0.25) is 0 Å². The minimum Gasteiger partial charge on any atom is -0.478 e. The Morgan fingerprint density at radius 3 is 3.09 bits per heavy atom. The molecule has 7 nitrogen and oxygen atoms in total. The first kappa shape index (κ1) is 14.0. The molecule has 0 unspecified atom stereocenters. The molecule has 3 aromatic heterocycles. The van der Waals surface area contributed by atoms with Crippen molar-refractivity contribution in [1.82, 2.24) is 24.7 Å². The van der Waals surface area contributed by atoms with Crippen LogP contribution in [0.1, 0.15) is 6.42 Å². The van der Waals surface area contributed by atoms with Gasteiger partial charge < -0.3 is 15.4 Å². The number of ether oxygens (including phenoxy) is 1. The third kappa shape index (κ3) is 2.59. The van der Waals surface area contributed by atoms with E-state index in [1.165, 1.54) is 0 Å². The summed E-state index contributed by atoms with van der Waals surface area (Å²) < 4.78 is 7.33. The Balaban J connectivity index is 1.74. The predicted molar refractivity (Wildman–Crippen MR) is 87.7 cm³/mol. The van der Waals surface area contributed by atoms with Gasteiger partial charge in [0.15, 0.2) is 5.82 Å². The van der Waals surface area contributed by atoms with Gasteiger partial charge in [0.25, 0.3) is 5.88 Å². The van der Waals surface area contributed by atoms with Crippen molar-refractivity contribution in [1.29, 1.82) is 0 Å². The van der Waals surface area contributed by atoms with E-state index in [1.54, 1.807) is 13.3 Å². The molecule has 0 radical (unpaired) electrons. The van der Waals surface area contributed by atoms with Crippen LogP contribution in [0, 0.1) is 0 Å². The summed E-state index contributed by atoms with van der Waals surface area (Å²) in [4.78, 5) is 13.5. The third-order valence-electron chi connectivity index (χ3n) is 4.01. The average Bonchev–Trinajstić information content (AvgIpc) is 3.24. The first-order chi connectivity index (χ1) is 11.3. The fourth-order valence-corrected chi connectivity index (χ4v) is 2.84. The Morgan fingerprint density at radius 2 is 2.26 bits per heavy atom. The van der Waals surface area contributed by atoms with Crippen LogP contribution < -0.4 is 15.4 Å². The molecule has 1 aliphatic heterocycles. The first-order valence-electron chi connectivity index (χ1n) is 7.66. The smallest absolute Gasteiger partial charge is 0.257 e. The van der Waals surface area contributed by atoms with E-state index in [0.717, 1.165) is 36.5 Å². The minimum atomic E-state index is 0.343. The number of pyridine rings is 1. The Kier molecular flexibility index (Phi) is 3.55. The van der Waals surface area contributed by atoms with Crippen LogP contribution in [0.15, 0.2) is 36.8 Å². The van der Waals surface area contributed by atoms with E-state index >= 15 is 0 Å². The van der Waals surface area contributed by atoms with Gasteiger partial charge in [-0.1, -0.05) is 6.07 Å². The lowest BCUT2D eigenvalue weighted by atomic mass is 10.2. The van der Waals surface area contributed by atoms with Crippen molar-refractivity contribution < 1.29 is 4.74 Å². The van der Waals surface area contributed by atoms with Gasteiger partial charge in [-0.2, -0.15) is 0 Å². The average molecular weight is 310 g/mol. The van der Waals surface area contributed by atoms with E-state index in [1.807, 2.05) is 35.0 Å². The van der Waals surface area contributed by atoms with Gasteiger partial charge in [-0.3, -0.25) is 4.40 Å². The zero-order chi connectivity index (χ0) is 15.6. The molecule has 0 bridgehead atoms. The van der Waals surface area contributed by atoms with Crippen LogP contribution in [0.5, 0.6) is 5.88 Å². The van der Waals surface area contributed by atoms with E-state index in [-0.39, 0.29) is 0 Å². The zero-order valence-electron chi connectivity index (χ0n) is 12.9. The molecular formula is C16H18N6O. The monoisotopic (exact) mass is 310 g/mol. The van der Waals surface area contributed by atoms with E-state index < -0.39 is 0 Å². The number of imidazole rings is 1. The van der Waals surface area contributed by atoms with Crippen LogP contribution in [0.4, 0.5) is 5.82 Å². The highest BCUT2D eigenvalue weighted by Gasteiger charge is 2.18. The van der Waals surface area contributed by atoms with Gasteiger partial charge >= 0.3 is 0 Å². The molecule has 1 fully saturated rings. The Hall–Kier alpha value is -2.67. The normalized spacial score (nSPS) is 17.5. The van der Waals surface area contributed by atoms with Crippen molar-refractivity contribution in [3.8, 4) is 17.3 Å². The Labute approximate surface area is 133 Å². The van der Waals surface area contributed by atoms with Gasteiger partial charge in [-0.25, -0.2) is 15.0 Å². The van der Waals surface area contributed by atoms with Gasteiger partial charge in [0.1, 0.15) is 11.3 Å². The Morgan fingerprint density at radius 1 is 1.30 bits per heavy atom. The number of aromatic nitrogens is 4. The quantitative estimate of drug-likeness (QED) is 0.762. The molecule has 0 spiro atoms. The number of hydrogen-bond donors (Lipinski definition) is 2. The highest BCUT2D eigenvalue weighted by molar-refractivity contribution is 5.62. The molecule has 1 aliphatic rings. The number of nitrogens with zero attached hydrogens (tertiary/aromatic N) is 4. The molecule has 23 heavy (non-hydrogen) atoms. The van der Waals surface area contributed by atoms with Crippen LogP contribution in [0.25, 0.3) is 17.0 Å². The fourth-order valence-electron chi connectivity index (χ4n) is 2.84. The SMILES string of the molecule is COc1ncc(-c2cnc3ccccn23)nc1N[C@@H]1CCNC1. The van der Waals surface area contributed by atoms with Crippen LogP contribution in [-0.2, 0) is 0 Å². The second kappa shape index (κ2) is 5.85. The standard InChI is InChI=1S/C16H18N6O/c1-23-16-15(20-11-5-6-17-8-11)21-12(9-19-16)13-10-18-14-4-2-3-7-22(13)14/h2-4,7,9-11,17H,5-6,8H2,1H3,(H,20,21)/t11-/m1/s1. The molecule has 7 heteroatoms. The minimum absolute atomic E-state index is 0.343. The topological polar surface area (TPSA) is 76.4 Å². The lowest BCUT2D eigenvalue weighted by molar-refractivity contribution is 0.397. The van der Waals surface area contributed by atoms with Crippen LogP contribution in [0.3, 0.4) is 0 Å². The molecule has 118 valence electrons.